The van der Waals surface area contributed by atoms with Crippen LogP contribution in [0, 0.1) is 0 Å². The van der Waals surface area contributed by atoms with Crippen LogP contribution in [0.25, 0.3) is 11.0 Å². The molecule has 1 saturated carbocycles. The van der Waals surface area contributed by atoms with Gasteiger partial charge >= 0.3 is 0 Å². The number of nitrogens with zero attached hydrogens (tertiary/aromatic N) is 3. The van der Waals surface area contributed by atoms with Crippen LogP contribution in [-0.4, -0.2) is 33.6 Å². The van der Waals surface area contributed by atoms with E-state index >= 15 is 0 Å². The molecule has 0 amide bonds. The zero-order valence-electron chi connectivity index (χ0n) is 11.3. The quantitative estimate of drug-likeness (QED) is 0.941. The van der Waals surface area contributed by atoms with Gasteiger partial charge in [-0.1, -0.05) is 15.9 Å². The number of halogens is 1. The Bertz CT molecular complexity index is 603. The molecule has 1 heterocycles. The number of nitrogen functional groups attached to an aromatic ring is 1. The Morgan fingerprint density at radius 3 is 2.95 bits per heavy atom. The predicted octanol–water partition coefficient (Wildman–Crippen LogP) is 2.86. The highest BCUT2D eigenvalue weighted by Gasteiger charge is 2.29. The topological polar surface area (TPSA) is 47.1 Å². The number of imidazole rings is 1. The van der Waals surface area contributed by atoms with Crippen LogP contribution in [0.5, 0.6) is 0 Å². The maximum absolute atomic E-state index is 6.06. The molecule has 1 aromatic carbocycles. The number of likely N-dealkylation sites (N-methyl/N-ethyl adjacent to an activating group) is 1. The smallest absolute Gasteiger partial charge is 0.201 e. The number of benzene rings is 1. The maximum Gasteiger partial charge on any atom is 0.201 e. The Balaban J connectivity index is 1.89. The van der Waals surface area contributed by atoms with Crippen molar-refractivity contribution in [2.75, 3.05) is 12.8 Å². The second-order valence-electron chi connectivity index (χ2n) is 5.46. The van der Waals surface area contributed by atoms with Gasteiger partial charge in [-0.15, -0.1) is 0 Å². The first-order valence-electron chi connectivity index (χ1n) is 6.69. The van der Waals surface area contributed by atoms with E-state index in [1.54, 1.807) is 0 Å². The second kappa shape index (κ2) is 4.80. The fourth-order valence-electron chi connectivity index (χ4n) is 2.55. The van der Waals surface area contributed by atoms with E-state index in [1.807, 2.05) is 12.1 Å². The SMILES string of the molecule is CC(Cn1c(N)nc2cc(Br)ccc21)N(C)C1CC1. The van der Waals surface area contributed by atoms with Crippen molar-refractivity contribution in [3.8, 4) is 0 Å². The van der Waals surface area contributed by atoms with E-state index in [-0.39, 0.29) is 0 Å². The van der Waals surface area contributed by atoms with Crippen LogP contribution >= 0.6 is 15.9 Å². The van der Waals surface area contributed by atoms with E-state index in [9.17, 15) is 0 Å². The number of nitrogens with two attached hydrogens (primary N) is 1. The lowest BCUT2D eigenvalue weighted by Crippen LogP contribution is -2.34. The zero-order valence-corrected chi connectivity index (χ0v) is 12.9. The minimum Gasteiger partial charge on any atom is -0.369 e. The molecular formula is C14H19BrN4. The number of hydrogen-bond acceptors (Lipinski definition) is 3. The predicted molar refractivity (Wildman–Crippen MR) is 82.1 cm³/mol. The van der Waals surface area contributed by atoms with Crippen LogP contribution in [0.1, 0.15) is 19.8 Å². The third-order valence-corrected chi connectivity index (χ3v) is 4.50. The van der Waals surface area contributed by atoms with Gasteiger partial charge < -0.3 is 10.3 Å². The molecule has 102 valence electrons. The molecule has 0 aliphatic heterocycles. The monoisotopic (exact) mass is 322 g/mol. The van der Waals surface area contributed by atoms with Crippen molar-refractivity contribution in [3.05, 3.63) is 22.7 Å². The fourth-order valence-corrected chi connectivity index (χ4v) is 2.90. The van der Waals surface area contributed by atoms with Gasteiger partial charge in [-0.05, 0) is 45.0 Å². The van der Waals surface area contributed by atoms with Gasteiger partial charge in [0.25, 0.3) is 0 Å². The van der Waals surface area contributed by atoms with Gasteiger partial charge in [-0.25, -0.2) is 4.98 Å². The van der Waals surface area contributed by atoms with Crippen molar-refractivity contribution < 1.29 is 0 Å². The second-order valence-corrected chi connectivity index (χ2v) is 6.37. The Morgan fingerprint density at radius 2 is 2.26 bits per heavy atom. The lowest BCUT2D eigenvalue weighted by atomic mass is 10.2. The van der Waals surface area contributed by atoms with Gasteiger partial charge in [0.1, 0.15) is 0 Å². The summed E-state index contributed by atoms with van der Waals surface area (Å²) < 4.78 is 3.15. The number of anilines is 1. The van der Waals surface area contributed by atoms with Gasteiger partial charge in [0.15, 0.2) is 0 Å². The summed E-state index contributed by atoms with van der Waals surface area (Å²) in [6.45, 7) is 3.14. The van der Waals surface area contributed by atoms with E-state index in [0.717, 1.165) is 28.1 Å². The van der Waals surface area contributed by atoms with E-state index < -0.39 is 0 Å². The lowest BCUT2D eigenvalue weighted by molar-refractivity contribution is 0.228. The molecule has 0 radical (unpaired) electrons. The standard InChI is InChI=1S/C14H19BrN4/c1-9(18(2)11-4-5-11)8-19-13-6-3-10(15)7-12(13)17-14(19)16/h3,6-7,9,11H,4-5,8H2,1-2H3,(H2,16,17). The first-order valence-corrected chi connectivity index (χ1v) is 7.49. The highest BCUT2D eigenvalue weighted by Crippen LogP contribution is 2.28. The van der Waals surface area contributed by atoms with Crippen LogP contribution < -0.4 is 5.73 Å². The van der Waals surface area contributed by atoms with Crippen molar-refractivity contribution in [1.82, 2.24) is 14.5 Å². The van der Waals surface area contributed by atoms with E-state index in [0.29, 0.717) is 12.0 Å². The van der Waals surface area contributed by atoms with Crippen molar-refractivity contribution in [2.24, 2.45) is 0 Å². The summed E-state index contributed by atoms with van der Waals surface area (Å²) in [6, 6.07) is 7.36. The zero-order chi connectivity index (χ0) is 13.6. The molecule has 1 aromatic heterocycles. The molecule has 4 nitrogen and oxygen atoms in total. The van der Waals surface area contributed by atoms with Gasteiger partial charge in [-0.2, -0.15) is 0 Å². The molecule has 1 unspecified atom stereocenters. The first kappa shape index (κ1) is 12.9. The Kier molecular flexibility index (Phi) is 3.27. The Morgan fingerprint density at radius 1 is 1.53 bits per heavy atom. The summed E-state index contributed by atoms with van der Waals surface area (Å²) in [5.74, 6) is 0.601. The first-order chi connectivity index (χ1) is 9.06. The maximum atomic E-state index is 6.06. The van der Waals surface area contributed by atoms with Crippen LogP contribution in [0.2, 0.25) is 0 Å². The normalized spacial score (nSPS) is 17.3. The van der Waals surface area contributed by atoms with E-state index in [1.165, 1.54) is 12.8 Å². The Labute approximate surface area is 121 Å². The average molecular weight is 323 g/mol. The molecule has 2 aromatic rings. The molecule has 0 spiro atoms. The molecule has 1 atom stereocenters. The largest absolute Gasteiger partial charge is 0.369 e. The Hall–Kier alpha value is -1.07. The van der Waals surface area contributed by atoms with Crippen molar-refractivity contribution in [3.63, 3.8) is 0 Å². The van der Waals surface area contributed by atoms with Gasteiger partial charge in [0, 0.05) is 23.1 Å². The highest BCUT2D eigenvalue weighted by atomic mass is 79.9. The minimum atomic E-state index is 0.468. The van der Waals surface area contributed by atoms with Crippen LogP contribution in [0.3, 0.4) is 0 Å². The van der Waals surface area contributed by atoms with Crippen molar-refractivity contribution in [1.29, 1.82) is 0 Å². The molecule has 3 rings (SSSR count). The lowest BCUT2D eigenvalue weighted by Gasteiger charge is -2.25. The molecule has 1 aliphatic rings. The summed E-state index contributed by atoms with van der Waals surface area (Å²) in [5, 5.41) is 0. The summed E-state index contributed by atoms with van der Waals surface area (Å²) >= 11 is 3.47. The van der Waals surface area contributed by atoms with E-state index in [2.05, 4.69) is 50.4 Å². The molecule has 0 saturated heterocycles. The fraction of sp³-hybridized carbons (Fsp3) is 0.500. The number of aromatic nitrogens is 2. The number of rotatable bonds is 4. The molecule has 1 fully saturated rings. The summed E-state index contributed by atoms with van der Waals surface area (Å²) in [4.78, 5) is 6.89. The summed E-state index contributed by atoms with van der Waals surface area (Å²) in [5.41, 5.74) is 8.12. The molecule has 19 heavy (non-hydrogen) atoms. The van der Waals surface area contributed by atoms with Crippen molar-refractivity contribution >= 4 is 32.9 Å². The van der Waals surface area contributed by atoms with E-state index in [4.69, 9.17) is 5.73 Å². The van der Waals surface area contributed by atoms with Gasteiger partial charge in [-0.3, -0.25) is 4.90 Å². The third kappa shape index (κ3) is 2.49. The average Bonchev–Trinajstić information content (AvgIpc) is 3.15. The van der Waals surface area contributed by atoms with Gasteiger partial charge in [0.2, 0.25) is 5.95 Å². The van der Waals surface area contributed by atoms with Crippen LogP contribution in [0.15, 0.2) is 22.7 Å². The minimum absolute atomic E-state index is 0.468. The molecule has 0 bridgehead atoms. The molecular weight excluding hydrogens is 304 g/mol. The third-order valence-electron chi connectivity index (χ3n) is 4.00. The molecule has 2 N–H and O–H groups in total. The van der Waals surface area contributed by atoms with Crippen LogP contribution in [-0.2, 0) is 6.54 Å². The van der Waals surface area contributed by atoms with Crippen molar-refractivity contribution in [2.45, 2.75) is 38.4 Å². The highest BCUT2D eigenvalue weighted by molar-refractivity contribution is 9.10. The summed E-state index contributed by atoms with van der Waals surface area (Å²) in [6.07, 6.45) is 2.65. The summed E-state index contributed by atoms with van der Waals surface area (Å²) in [7, 11) is 2.20. The molecule has 5 heteroatoms. The number of hydrogen-bond donors (Lipinski definition) is 1. The molecule has 1 aliphatic carbocycles. The number of fused-ring (bicyclic) bond motifs is 1. The van der Waals surface area contributed by atoms with Crippen LogP contribution in [0.4, 0.5) is 5.95 Å². The van der Waals surface area contributed by atoms with Gasteiger partial charge in [0.05, 0.1) is 11.0 Å².